The van der Waals surface area contributed by atoms with Crippen molar-refractivity contribution in [2.24, 2.45) is 0 Å². The molecule has 0 atom stereocenters. The number of benzene rings is 7. The number of aromatic nitrogens is 4. The molecule has 1 spiro atoms. The minimum Gasteiger partial charge on any atom is -0.457 e. The van der Waals surface area contributed by atoms with Crippen LogP contribution in [0.2, 0.25) is 0 Å². The number of ether oxygens (including phenoxy) is 1. The largest absolute Gasteiger partial charge is 0.457 e. The van der Waals surface area contributed by atoms with E-state index < -0.39 is 5.41 Å². The third-order valence-corrected chi connectivity index (χ3v) is 11.1. The number of nitrogens with zero attached hydrogens (tertiary/aromatic N) is 4. The van der Waals surface area contributed by atoms with Gasteiger partial charge >= 0.3 is 0 Å². The molecule has 0 amide bonds. The second kappa shape index (κ2) is 12.8. The van der Waals surface area contributed by atoms with Gasteiger partial charge in [0.05, 0.1) is 5.41 Å². The molecule has 0 unspecified atom stereocenters. The van der Waals surface area contributed by atoms with E-state index in [4.69, 9.17) is 19.7 Å². The van der Waals surface area contributed by atoms with Gasteiger partial charge in [-0.2, -0.15) is 0 Å². The van der Waals surface area contributed by atoms with Gasteiger partial charge in [0.2, 0.25) is 0 Å². The highest BCUT2D eigenvalue weighted by Gasteiger charge is 2.51. The Labute approximate surface area is 324 Å². The van der Waals surface area contributed by atoms with Crippen LogP contribution in [0.5, 0.6) is 11.5 Å². The van der Waals surface area contributed by atoms with Crippen molar-refractivity contribution in [2.75, 3.05) is 0 Å². The summed E-state index contributed by atoms with van der Waals surface area (Å²) in [7, 11) is 0. The molecule has 11 rings (SSSR count). The predicted octanol–water partition coefficient (Wildman–Crippen LogP) is 12.1. The third-order valence-electron chi connectivity index (χ3n) is 11.1. The van der Waals surface area contributed by atoms with Crippen LogP contribution in [0.3, 0.4) is 0 Å². The zero-order chi connectivity index (χ0) is 37.1. The summed E-state index contributed by atoms with van der Waals surface area (Å²) in [6, 6.07) is 63.7. The van der Waals surface area contributed by atoms with Gasteiger partial charge in [0.15, 0.2) is 17.5 Å². The van der Waals surface area contributed by atoms with E-state index in [0.29, 0.717) is 17.5 Å². The fourth-order valence-electron chi connectivity index (χ4n) is 8.58. The highest BCUT2D eigenvalue weighted by Crippen LogP contribution is 2.62. The van der Waals surface area contributed by atoms with Crippen molar-refractivity contribution in [3.8, 4) is 79.0 Å². The molecule has 0 saturated heterocycles. The number of pyridine rings is 1. The summed E-state index contributed by atoms with van der Waals surface area (Å²) in [5.74, 6) is 3.59. The van der Waals surface area contributed by atoms with Crippen LogP contribution in [0.15, 0.2) is 194 Å². The van der Waals surface area contributed by atoms with Crippen LogP contribution < -0.4 is 4.74 Å². The van der Waals surface area contributed by atoms with Crippen molar-refractivity contribution in [3.05, 3.63) is 217 Å². The first kappa shape index (κ1) is 32.0. The monoisotopic (exact) mass is 716 g/mol. The smallest absolute Gasteiger partial charge is 0.164 e. The molecule has 56 heavy (non-hydrogen) atoms. The van der Waals surface area contributed by atoms with Crippen LogP contribution in [0.4, 0.5) is 0 Å². The fraction of sp³-hybridized carbons (Fsp3) is 0.0196. The molecule has 0 fully saturated rings. The summed E-state index contributed by atoms with van der Waals surface area (Å²) in [6.07, 6.45) is 3.69. The van der Waals surface area contributed by atoms with E-state index in [9.17, 15) is 0 Å². The van der Waals surface area contributed by atoms with Crippen molar-refractivity contribution in [2.45, 2.75) is 5.41 Å². The van der Waals surface area contributed by atoms with Crippen LogP contribution in [-0.2, 0) is 5.41 Å². The zero-order valence-corrected chi connectivity index (χ0v) is 30.2. The summed E-state index contributed by atoms with van der Waals surface area (Å²) in [6.45, 7) is 0. The number of hydrogen-bond acceptors (Lipinski definition) is 5. The summed E-state index contributed by atoms with van der Waals surface area (Å²) in [5.41, 5.74) is 13.7. The summed E-state index contributed by atoms with van der Waals surface area (Å²) in [5, 5.41) is 0. The summed E-state index contributed by atoms with van der Waals surface area (Å²) in [4.78, 5) is 19.2. The van der Waals surface area contributed by atoms with Gasteiger partial charge in [-0.1, -0.05) is 140 Å². The lowest BCUT2D eigenvalue weighted by molar-refractivity contribution is 0.436. The van der Waals surface area contributed by atoms with Crippen molar-refractivity contribution >= 4 is 0 Å². The molecule has 5 heteroatoms. The molecule has 2 aliphatic rings. The Morgan fingerprint density at radius 2 is 0.768 bits per heavy atom. The minimum atomic E-state index is -0.615. The van der Waals surface area contributed by atoms with Gasteiger partial charge in [0, 0.05) is 40.2 Å². The second-order valence-corrected chi connectivity index (χ2v) is 14.2. The van der Waals surface area contributed by atoms with Crippen LogP contribution in [0.25, 0.3) is 67.5 Å². The first-order valence-corrected chi connectivity index (χ1v) is 18.8. The molecule has 262 valence electrons. The topological polar surface area (TPSA) is 60.8 Å². The molecule has 1 aliphatic carbocycles. The summed E-state index contributed by atoms with van der Waals surface area (Å²) < 4.78 is 6.84. The molecule has 0 saturated carbocycles. The maximum atomic E-state index is 6.84. The van der Waals surface area contributed by atoms with E-state index in [1.807, 2.05) is 73.1 Å². The Bertz CT molecular complexity index is 2840. The lowest BCUT2D eigenvalue weighted by Crippen LogP contribution is -2.32. The molecule has 3 heterocycles. The van der Waals surface area contributed by atoms with Crippen molar-refractivity contribution in [1.82, 2.24) is 19.9 Å². The van der Waals surface area contributed by atoms with Crippen LogP contribution in [0.1, 0.15) is 22.3 Å². The normalized spacial score (nSPS) is 12.9. The fourth-order valence-corrected chi connectivity index (χ4v) is 8.58. The van der Waals surface area contributed by atoms with E-state index in [1.54, 1.807) is 0 Å². The van der Waals surface area contributed by atoms with E-state index in [1.165, 1.54) is 22.3 Å². The van der Waals surface area contributed by atoms with E-state index in [2.05, 4.69) is 126 Å². The van der Waals surface area contributed by atoms with E-state index >= 15 is 0 Å². The molecule has 0 N–H and O–H groups in total. The number of fused-ring (bicyclic) bond motifs is 9. The Balaban J connectivity index is 1.10. The van der Waals surface area contributed by atoms with Gasteiger partial charge in [-0.15, -0.1) is 0 Å². The molecule has 0 radical (unpaired) electrons. The number of rotatable bonds is 5. The average molecular weight is 717 g/mol. The first-order valence-electron chi connectivity index (χ1n) is 18.8. The molecule has 0 bridgehead atoms. The third kappa shape index (κ3) is 5.02. The molecular weight excluding hydrogens is 685 g/mol. The Hall–Kier alpha value is -7.50. The van der Waals surface area contributed by atoms with Crippen molar-refractivity contribution < 1.29 is 4.74 Å². The standard InChI is InChI=1S/C51H32N4O/c1-3-12-34(13-4-1)48-53-49(35-14-5-2-6-15-35)55-50(54-48)39-17-11-16-36(30-39)38-23-25-47-45(32-38)51(42-20-9-7-18-40(42)41-19-8-10-21-43(41)51)44-31-37(22-24-46(44)56-47)33-26-28-52-29-27-33/h1-32H. The average Bonchev–Trinajstić information content (AvgIpc) is 3.57. The van der Waals surface area contributed by atoms with E-state index in [-0.39, 0.29) is 0 Å². The van der Waals surface area contributed by atoms with Gasteiger partial charge in [0.1, 0.15) is 11.5 Å². The molecule has 1 aliphatic heterocycles. The molecule has 7 aromatic carbocycles. The first-order chi connectivity index (χ1) is 27.7. The molecule has 2 aromatic heterocycles. The maximum Gasteiger partial charge on any atom is 0.164 e. The van der Waals surface area contributed by atoms with Crippen LogP contribution >= 0.6 is 0 Å². The highest BCUT2D eigenvalue weighted by atomic mass is 16.5. The Morgan fingerprint density at radius 1 is 0.321 bits per heavy atom. The van der Waals surface area contributed by atoms with Gasteiger partial charge < -0.3 is 4.74 Å². The zero-order valence-electron chi connectivity index (χ0n) is 30.2. The molecule has 5 nitrogen and oxygen atoms in total. The second-order valence-electron chi connectivity index (χ2n) is 14.2. The van der Waals surface area contributed by atoms with Crippen LogP contribution in [-0.4, -0.2) is 19.9 Å². The Morgan fingerprint density at radius 3 is 1.34 bits per heavy atom. The maximum absolute atomic E-state index is 6.84. The molecular formula is C51H32N4O. The van der Waals surface area contributed by atoms with Crippen molar-refractivity contribution in [1.29, 1.82) is 0 Å². The van der Waals surface area contributed by atoms with Gasteiger partial charge in [-0.3, -0.25) is 4.98 Å². The predicted molar refractivity (Wildman–Crippen MR) is 222 cm³/mol. The van der Waals surface area contributed by atoms with Gasteiger partial charge in [0.25, 0.3) is 0 Å². The lowest BCUT2D eigenvalue weighted by Gasteiger charge is -2.40. The van der Waals surface area contributed by atoms with Gasteiger partial charge in [-0.25, -0.2) is 15.0 Å². The summed E-state index contributed by atoms with van der Waals surface area (Å²) >= 11 is 0. The molecule has 9 aromatic rings. The minimum absolute atomic E-state index is 0.615. The SMILES string of the molecule is c1ccc(-c2nc(-c3ccccc3)nc(-c3cccc(-c4ccc5c(c4)C4(c6cc(-c7ccncc7)ccc6O5)c5ccccc5-c5ccccc54)c3)n2)cc1. The van der Waals surface area contributed by atoms with Gasteiger partial charge in [-0.05, 0) is 87.0 Å². The number of hydrogen-bond donors (Lipinski definition) is 0. The Kier molecular flexibility index (Phi) is 7.32. The van der Waals surface area contributed by atoms with Crippen molar-refractivity contribution in [3.63, 3.8) is 0 Å². The quantitative estimate of drug-likeness (QED) is 0.177. The lowest BCUT2D eigenvalue weighted by atomic mass is 9.65. The van der Waals surface area contributed by atoms with E-state index in [0.717, 1.165) is 61.6 Å². The highest BCUT2D eigenvalue weighted by molar-refractivity contribution is 5.90. The van der Waals surface area contributed by atoms with Crippen LogP contribution in [0, 0.1) is 0 Å².